The quantitative estimate of drug-likeness (QED) is 0.740. The molecule has 0 spiro atoms. The summed E-state index contributed by atoms with van der Waals surface area (Å²) in [4.78, 5) is 15.9. The van der Waals surface area contributed by atoms with E-state index in [0.29, 0.717) is 6.61 Å². The maximum absolute atomic E-state index is 5.89. The number of para-hydroxylation sites is 2. The van der Waals surface area contributed by atoms with Gasteiger partial charge < -0.3 is 9.30 Å². The summed E-state index contributed by atoms with van der Waals surface area (Å²) in [6.45, 7) is 5.16. The van der Waals surface area contributed by atoms with Crippen molar-refractivity contribution in [3.05, 3.63) is 53.9 Å². The molecule has 0 aliphatic carbocycles. The van der Waals surface area contributed by atoms with Gasteiger partial charge in [0.05, 0.1) is 41.8 Å². The summed E-state index contributed by atoms with van der Waals surface area (Å²) in [5, 5.41) is 0. The fraction of sp³-hybridized carbons (Fsp3) is 0.389. The highest BCUT2D eigenvalue weighted by atomic mass is 16.5. The van der Waals surface area contributed by atoms with Crippen molar-refractivity contribution < 1.29 is 4.74 Å². The van der Waals surface area contributed by atoms with E-state index in [2.05, 4.69) is 44.7 Å². The molecule has 1 saturated heterocycles. The molecular formula is C18H21N5O. The normalized spacial score (nSPS) is 19.0. The third-order valence-corrected chi connectivity index (χ3v) is 4.53. The first-order valence-electron chi connectivity index (χ1n) is 8.23. The van der Waals surface area contributed by atoms with Gasteiger partial charge in [-0.3, -0.25) is 14.9 Å². The van der Waals surface area contributed by atoms with Crippen molar-refractivity contribution in [3.63, 3.8) is 0 Å². The van der Waals surface area contributed by atoms with Crippen LogP contribution in [0.5, 0.6) is 0 Å². The SMILES string of the molecule is Cc1cnc(C2CN(Cc3nc4ccccc4n3C)CCO2)cn1. The molecule has 1 unspecified atom stereocenters. The van der Waals surface area contributed by atoms with Crippen LogP contribution >= 0.6 is 0 Å². The minimum atomic E-state index is -0.0264. The van der Waals surface area contributed by atoms with Crippen molar-refractivity contribution in [1.82, 2.24) is 24.4 Å². The van der Waals surface area contributed by atoms with Gasteiger partial charge in [0.25, 0.3) is 0 Å². The van der Waals surface area contributed by atoms with Crippen LogP contribution in [-0.4, -0.2) is 44.1 Å². The topological polar surface area (TPSA) is 56.1 Å². The number of aromatic nitrogens is 4. The molecule has 0 saturated carbocycles. The van der Waals surface area contributed by atoms with Crippen molar-refractivity contribution in [2.24, 2.45) is 7.05 Å². The molecule has 1 fully saturated rings. The Morgan fingerprint density at radius 1 is 1.21 bits per heavy atom. The lowest BCUT2D eigenvalue weighted by atomic mass is 10.2. The Balaban J connectivity index is 1.51. The molecule has 1 aliphatic rings. The Kier molecular flexibility index (Phi) is 4.00. The Morgan fingerprint density at radius 3 is 2.88 bits per heavy atom. The predicted molar refractivity (Wildman–Crippen MR) is 91.5 cm³/mol. The number of imidazole rings is 1. The van der Waals surface area contributed by atoms with E-state index in [9.17, 15) is 0 Å². The maximum Gasteiger partial charge on any atom is 0.123 e. The van der Waals surface area contributed by atoms with E-state index in [-0.39, 0.29) is 6.10 Å². The number of fused-ring (bicyclic) bond motifs is 1. The van der Waals surface area contributed by atoms with Crippen molar-refractivity contribution in [2.75, 3.05) is 19.7 Å². The lowest BCUT2D eigenvalue weighted by Crippen LogP contribution is -2.38. The molecule has 1 aliphatic heterocycles. The summed E-state index contributed by atoms with van der Waals surface area (Å²) in [5.41, 5.74) is 4.03. The highest BCUT2D eigenvalue weighted by Gasteiger charge is 2.24. The summed E-state index contributed by atoms with van der Waals surface area (Å²) < 4.78 is 8.06. The molecule has 2 aromatic heterocycles. The summed E-state index contributed by atoms with van der Waals surface area (Å²) in [6.07, 6.45) is 3.59. The second-order valence-corrected chi connectivity index (χ2v) is 6.25. The van der Waals surface area contributed by atoms with Crippen LogP contribution in [0.2, 0.25) is 0 Å². The molecule has 6 nitrogen and oxygen atoms in total. The zero-order chi connectivity index (χ0) is 16.5. The zero-order valence-electron chi connectivity index (χ0n) is 14.0. The number of benzene rings is 1. The molecule has 24 heavy (non-hydrogen) atoms. The van der Waals surface area contributed by atoms with E-state index in [0.717, 1.165) is 42.4 Å². The average Bonchev–Trinajstić information content (AvgIpc) is 2.92. The van der Waals surface area contributed by atoms with Gasteiger partial charge in [0.1, 0.15) is 11.9 Å². The lowest BCUT2D eigenvalue weighted by molar-refractivity contribution is -0.0360. The number of morpholine rings is 1. The van der Waals surface area contributed by atoms with Crippen LogP contribution in [0.3, 0.4) is 0 Å². The van der Waals surface area contributed by atoms with Gasteiger partial charge in [-0.05, 0) is 19.1 Å². The fourth-order valence-corrected chi connectivity index (χ4v) is 3.13. The van der Waals surface area contributed by atoms with Crippen LogP contribution < -0.4 is 0 Å². The van der Waals surface area contributed by atoms with Crippen molar-refractivity contribution in [1.29, 1.82) is 0 Å². The van der Waals surface area contributed by atoms with Gasteiger partial charge in [-0.25, -0.2) is 4.98 Å². The Bertz CT molecular complexity index is 842. The Labute approximate surface area is 141 Å². The first-order chi connectivity index (χ1) is 11.7. The molecule has 0 amide bonds. The molecular weight excluding hydrogens is 302 g/mol. The molecule has 0 N–H and O–H groups in total. The van der Waals surface area contributed by atoms with Crippen LogP contribution in [0.15, 0.2) is 36.7 Å². The number of hydrogen-bond acceptors (Lipinski definition) is 5. The average molecular weight is 323 g/mol. The molecule has 4 rings (SSSR count). The maximum atomic E-state index is 5.89. The Morgan fingerprint density at radius 2 is 2.08 bits per heavy atom. The van der Waals surface area contributed by atoms with Crippen molar-refractivity contribution in [3.8, 4) is 0 Å². The molecule has 0 radical (unpaired) electrons. The van der Waals surface area contributed by atoms with Gasteiger partial charge in [0, 0.05) is 26.3 Å². The molecule has 1 atom stereocenters. The van der Waals surface area contributed by atoms with Gasteiger partial charge >= 0.3 is 0 Å². The van der Waals surface area contributed by atoms with Crippen LogP contribution in [-0.2, 0) is 18.3 Å². The van der Waals surface area contributed by atoms with Crippen LogP contribution in [0.4, 0.5) is 0 Å². The molecule has 3 aromatic rings. The molecule has 124 valence electrons. The smallest absolute Gasteiger partial charge is 0.123 e. The number of ether oxygens (including phenoxy) is 1. The van der Waals surface area contributed by atoms with E-state index in [4.69, 9.17) is 9.72 Å². The van der Waals surface area contributed by atoms with Gasteiger partial charge in [0.2, 0.25) is 0 Å². The summed E-state index contributed by atoms with van der Waals surface area (Å²) in [7, 11) is 2.08. The molecule has 3 heterocycles. The van der Waals surface area contributed by atoms with E-state index in [1.165, 1.54) is 5.52 Å². The monoisotopic (exact) mass is 323 g/mol. The van der Waals surface area contributed by atoms with Crippen LogP contribution in [0.25, 0.3) is 11.0 Å². The van der Waals surface area contributed by atoms with Gasteiger partial charge in [-0.2, -0.15) is 0 Å². The van der Waals surface area contributed by atoms with Crippen LogP contribution in [0.1, 0.15) is 23.3 Å². The van der Waals surface area contributed by atoms with E-state index < -0.39 is 0 Å². The number of hydrogen-bond donors (Lipinski definition) is 0. The van der Waals surface area contributed by atoms with Crippen molar-refractivity contribution in [2.45, 2.75) is 19.6 Å². The lowest BCUT2D eigenvalue weighted by Gasteiger charge is -2.32. The third kappa shape index (κ3) is 2.90. The third-order valence-electron chi connectivity index (χ3n) is 4.53. The minimum Gasteiger partial charge on any atom is -0.369 e. The number of aryl methyl sites for hydroxylation is 2. The Hall–Kier alpha value is -2.31. The highest BCUT2D eigenvalue weighted by molar-refractivity contribution is 5.75. The predicted octanol–water partition coefficient (Wildman–Crippen LogP) is 2.25. The summed E-state index contributed by atoms with van der Waals surface area (Å²) in [6, 6.07) is 8.24. The first kappa shape index (κ1) is 15.2. The van der Waals surface area contributed by atoms with E-state index in [1.54, 1.807) is 6.20 Å². The second kappa shape index (κ2) is 6.30. The largest absolute Gasteiger partial charge is 0.369 e. The van der Waals surface area contributed by atoms with E-state index >= 15 is 0 Å². The zero-order valence-corrected chi connectivity index (χ0v) is 14.0. The van der Waals surface area contributed by atoms with Gasteiger partial charge in [-0.1, -0.05) is 12.1 Å². The minimum absolute atomic E-state index is 0.0264. The molecule has 6 heteroatoms. The van der Waals surface area contributed by atoms with Crippen LogP contribution in [0, 0.1) is 6.92 Å². The molecule has 1 aromatic carbocycles. The second-order valence-electron chi connectivity index (χ2n) is 6.25. The van der Waals surface area contributed by atoms with E-state index in [1.807, 2.05) is 19.2 Å². The molecule has 0 bridgehead atoms. The number of nitrogens with zero attached hydrogens (tertiary/aromatic N) is 5. The summed E-state index contributed by atoms with van der Waals surface area (Å²) in [5.74, 6) is 1.08. The standard InChI is InChI=1S/C18H21N5O/c1-13-9-20-15(10-19-13)17-11-23(7-8-24-17)12-18-21-14-5-3-4-6-16(14)22(18)2/h3-6,9-10,17H,7-8,11-12H2,1-2H3. The van der Waals surface area contributed by atoms with Gasteiger partial charge in [-0.15, -0.1) is 0 Å². The summed E-state index contributed by atoms with van der Waals surface area (Å²) >= 11 is 0. The first-order valence-corrected chi connectivity index (χ1v) is 8.23. The highest BCUT2D eigenvalue weighted by Crippen LogP contribution is 2.22. The number of rotatable bonds is 3. The van der Waals surface area contributed by atoms with Gasteiger partial charge in [0.15, 0.2) is 0 Å². The fourth-order valence-electron chi connectivity index (χ4n) is 3.13. The van der Waals surface area contributed by atoms with Crippen molar-refractivity contribution >= 4 is 11.0 Å².